The van der Waals surface area contributed by atoms with E-state index in [1.807, 2.05) is 30.1 Å². The van der Waals surface area contributed by atoms with Gasteiger partial charge in [-0.3, -0.25) is 9.69 Å². The average Bonchev–Trinajstić information content (AvgIpc) is 3.18. The highest BCUT2D eigenvalue weighted by Gasteiger charge is 2.33. The predicted octanol–water partition coefficient (Wildman–Crippen LogP) is 3.83. The summed E-state index contributed by atoms with van der Waals surface area (Å²) in [7, 11) is -3.08. The first-order valence-corrected chi connectivity index (χ1v) is 21.1. The quantitative estimate of drug-likeness (QED) is 0.205. The van der Waals surface area contributed by atoms with E-state index in [4.69, 9.17) is 4.74 Å². The maximum absolute atomic E-state index is 14.8. The molecular formula is C37H47F3N8O7S2. The number of fused-ring (bicyclic) bond motifs is 1. The van der Waals surface area contributed by atoms with Crippen molar-refractivity contribution in [2.75, 3.05) is 84.7 Å². The molecule has 310 valence electrons. The number of rotatable bonds is 12. The van der Waals surface area contributed by atoms with Crippen molar-refractivity contribution in [3.8, 4) is 5.88 Å². The van der Waals surface area contributed by atoms with Gasteiger partial charge < -0.3 is 19.7 Å². The number of ether oxygens (including phenoxy) is 2. The van der Waals surface area contributed by atoms with Gasteiger partial charge in [0.15, 0.2) is 11.4 Å². The van der Waals surface area contributed by atoms with E-state index >= 15 is 0 Å². The molecule has 2 aromatic carbocycles. The normalized spacial score (nSPS) is 16.9. The molecule has 2 aromatic heterocycles. The number of aromatic nitrogens is 3. The molecule has 2 saturated heterocycles. The van der Waals surface area contributed by atoms with Gasteiger partial charge in [0.2, 0.25) is 25.9 Å². The first-order valence-electron chi connectivity index (χ1n) is 18.1. The number of alkyl halides is 2. The van der Waals surface area contributed by atoms with Crippen LogP contribution in [0.2, 0.25) is 0 Å². The molecule has 6 rings (SSSR count). The maximum atomic E-state index is 14.8. The van der Waals surface area contributed by atoms with Crippen LogP contribution in [0.15, 0.2) is 59.5 Å². The second-order valence-electron chi connectivity index (χ2n) is 13.6. The molecule has 57 heavy (non-hydrogen) atoms. The van der Waals surface area contributed by atoms with E-state index in [0.717, 1.165) is 12.6 Å². The molecule has 0 spiro atoms. The van der Waals surface area contributed by atoms with Crippen LogP contribution in [-0.2, 0) is 36.1 Å². The number of anilines is 1. The lowest BCUT2D eigenvalue weighted by atomic mass is 10.0. The first-order chi connectivity index (χ1) is 27.0. The monoisotopic (exact) mass is 836 g/mol. The van der Waals surface area contributed by atoms with Gasteiger partial charge in [0.25, 0.3) is 6.43 Å². The highest BCUT2D eigenvalue weighted by Crippen LogP contribution is 2.34. The number of carbonyl (C=O) groups excluding carboxylic acids is 1. The lowest BCUT2D eigenvalue weighted by molar-refractivity contribution is -0.137. The van der Waals surface area contributed by atoms with Gasteiger partial charge in [0.1, 0.15) is 22.4 Å². The van der Waals surface area contributed by atoms with Crippen molar-refractivity contribution in [2.24, 2.45) is 0 Å². The number of nitrogens with one attached hydrogen (secondary N) is 1. The van der Waals surface area contributed by atoms with E-state index in [1.165, 1.54) is 46.6 Å². The molecule has 20 heteroatoms. The number of hydrogen-bond acceptors (Lipinski definition) is 13. The van der Waals surface area contributed by atoms with E-state index < -0.39 is 55.6 Å². The molecule has 15 nitrogen and oxygen atoms in total. The summed E-state index contributed by atoms with van der Waals surface area (Å²) in [6, 6.07) is 14.5. The smallest absolute Gasteiger partial charge is 0.322 e. The predicted molar refractivity (Wildman–Crippen MR) is 207 cm³/mol. The van der Waals surface area contributed by atoms with Gasteiger partial charge in [-0.2, -0.15) is 13.6 Å². The minimum Gasteiger partial charge on any atom is -0.480 e. The third kappa shape index (κ3) is 10.7. The van der Waals surface area contributed by atoms with Crippen molar-refractivity contribution < 1.29 is 44.3 Å². The SMILES string of the molecule is COC(=O)CS(=O)(=O)N1CCN(Cc2ccccc2)CC1.COc1nc2nc(C)nc(N[C@H](C)c3cccc(C(F)F)c3F)c2cc1S(=O)(=O)N1CCN(C)CC1. The molecule has 0 bridgehead atoms. The van der Waals surface area contributed by atoms with E-state index in [2.05, 4.69) is 42.0 Å². The lowest BCUT2D eigenvalue weighted by Gasteiger charge is -2.33. The molecule has 0 unspecified atom stereocenters. The lowest BCUT2D eigenvalue weighted by Crippen LogP contribution is -2.49. The van der Waals surface area contributed by atoms with Crippen molar-refractivity contribution in [2.45, 2.75) is 37.8 Å². The van der Waals surface area contributed by atoms with Crippen molar-refractivity contribution in [1.29, 1.82) is 0 Å². The molecule has 0 amide bonds. The van der Waals surface area contributed by atoms with Gasteiger partial charge in [0.05, 0.1) is 31.2 Å². The largest absolute Gasteiger partial charge is 0.480 e. The molecule has 0 saturated carbocycles. The Kier molecular flexibility index (Phi) is 14.4. The summed E-state index contributed by atoms with van der Waals surface area (Å²) < 4.78 is 105. The minimum atomic E-state index is -3.96. The van der Waals surface area contributed by atoms with Crippen LogP contribution in [0.25, 0.3) is 11.0 Å². The van der Waals surface area contributed by atoms with Crippen molar-refractivity contribution in [3.63, 3.8) is 0 Å². The van der Waals surface area contributed by atoms with E-state index in [1.54, 1.807) is 13.8 Å². The molecular weight excluding hydrogens is 790 g/mol. The Balaban J connectivity index is 0.000000251. The number of aryl methyl sites for hydroxylation is 1. The second kappa shape index (κ2) is 18.9. The maximum Gasteiger partial charge on any atom is 0.322 e. The first kappa shape index (κ1) is 43.6. The zero-order chi connectivity index (χ0) is 41.5. The highest BCUT2D eigenvalue weighted by molar-refractivity contribution is 7.89. The zero-order valence-electron chi connectivity index (χ0n) is 32.4. The number of likely N-dealkylation sites (N-methyl/N-ethyl adjacent to an activating group) is 1. The number of halogens is 3. The summed E-state index contributed by atoms with van der Waals surface area (Å²) in [5.74, 6) is -1.90. The van der Waals surface area contributed by atoms with Gasteiger partial charge in [-0.05, 0) is 32.5 Å². The Morgan fingerprint density at radius 3 is 2.11 bits per heavy atom. The number of carbonyl (C=O) groups is 1. The van der Waals surface area contributed by atoms with Crippen molar-refractivity contribution in [1.82, 2.24) is 33.4 Å². The van der Waals surface area contributed by atoms with Crippen LogP contribution in [0.5, 0.6) is 5.88 Å². The van der Waals surface area contributed by atoms with Crippen LogP contribution in [0.3, 0.4) is 0 Å². The second-order valence-corrected chi connectivity index (χ2v) is 17.5. The number of esters is 1. The molecule has 2 aliphatic heterocycles. The average molecular weight is 837 g/mol. The fourth-order valence-corrected chi connectivity index (χ4v) is 9.25. The molecule has 0 aliphatic carbocycles. The van der Waals surface area contributed by atoms with Gasteiger partial charge in [-0.25, -0.2) is 40.0 Å². The Hall–Kier alpha value is -4.47. The number of sulfonamides is 2. The Morgan fingerprint density at radius 2 is 1.49 bits per heavy atom. The van der Waals surface area contributed by atoms with Crippen LogP contribution >= 0.6 is 0 Å². The van der Waals surface area contributed by atoms with Gasteiger partial charge in [0, 0.05) is 64.5 Å². The summed E-state index contributed by atoms with van der Waals surface area (Å²) in [5.41, 5.74) is 0.706. The fourth-order valence-electron chi connectivity index (χ4n) is 6.40. The van der Waals surface area contributed by atoms with E-state index in [0.29, 0.717) is 58.2 Å². The van der Waals surface area contributed by atoms with Crippen LogP contribution in [-0.4, -0.2) is 136 Å². The number of piperazine rings is 2. The van der Waals surface area contributed by atoms with Crippen molar-refractivity contribution in [3.05, 3.63) is 82.9 Å². The van der Waals surface area contributed by atoms with Gasteiger partial charge in [-0.15, -0.1) is 0 Å². The third-order valence-corrected chi connectivity index (χ3v) is 13.3. The molecule has 4 heterocycles. The van der Waals surface area contributed by atoms with Crippen LogP contribution < -0.4 is 10.1 Å². The number of pyridine rings is 1. The summed E-state index contributed by atoms with van der Waals surface area (Å²) in [6.07, 6.45) is -2.96. The molecule has 1 N–H and O–H groups in total. The number of benzene rings is 2. The molecule has 4 aromatic rings. The van der Waals surface area contributed by atoms with E-state index in [-0.39, 0.29) is 33.2 Å². The molecule has 0 radical (unpaired) electrons. The summed E-state index contributed by atoms with van der Waals surface area (Å²) in [5, 5.41) is 3.29. The Morgan fingerprint density at radius 1 is 0.860 bits per heavy atom. The van der Waals surface area contributed by atoms with Crippen LogP contribution in [0.1, 0.15) is 41.9 Å². The fraction of sp³-hybridized carbons (Fsp3) is 0.459. The molecule has 1 atom stereocenters. The van der Waals surface area contributed by atoms with Gasteiger partial charge >= 0.3 is 5.97 Å². The Bertz CT molecular complexity index is 2240. The number of nitrogens with zero attached hydrogens (tertiary/aromatic N) is 7. The number of hydrogen-bond donors (Lipinski definition) is 1. The third-order valence-electron chi connectivity index (χ3n) is 9.62. The topological polar surface area (TPSA) is 167 Å². The summed E-state index contributed by atoms with van der Waals surface area (Å²) >= 11 is 0. The zero-order valence-corrected chi connectivity index (χ0v) is 34.0. The standard InChI is InChI=1S/C23H27F3N6O3S.C14H20N2O4S/c1-13(15-6-5-7-16(19(15)24)20(25)26)27-21-17-12-18(23(35-4)30-22(17)29-14(2)28-21)36(33,34)32-10-8-31(3)9-11-32;1-20-14(17)12-21(18,19)16-9-7-15(8-10-16)11-13-5-3-2-4-6-13/h5-7,12-13,20H,8-11H2,1-4H3,(H,27,28,29,30);2-6H,7-12H2,1H3/t13-;/m1./s1. The number of methoxy groups -OCH3 is 2. The minimum absolute atomic E-state index is 0.0176. The summed E-state index contributed by atoms with van der Waals surface area (Å²) in [4.78, 5) is 28.2. The summed E-state index contributed by atoms with van der Waals surface area (Å²) in [6.45, 7) is 7.95. The Labute approximate surface area is 330 Å². The molecule has 2 fully saturated rings. The van der Waals surface area contributed by atoms with Crippen LogP contribution in [0, 0.1) is 12.7 Å². The van der Waals surface area contributed by atoms with Crippen LogP contribution in [0.4, 0.5) is 19.0 Å². The van der Waals surface area contributed by atoms with Crippen molar-refractivity contribution >= 4 is 42.9 Å². The molecule has 2 aliphatic rings. The highest BCUT2D eigenvalue weighted by atomic mass is 32.2. The van der Waals surface area contributed by atoms with E-state index in [9.17, 15) is 34.8 Å². The van der Waals surface area contributed by atoms with Gasteiger partial charge in [-0.1, -0.05) is 48.5 Å².